The first-order chi connectivity index (χ1) is 12.4. The van der Waals surface area contributed by atoms with E-state index in [4.69, 9.17) is 14.9 Å². The predicted octanol–water partition coefficient (Wildman–Crippen LogP) is 3.29. The molecule has 2 aromatic carbocycles. The number of benzene rings is 2. The summed E-state index contributed by atoms with van der Waals surface area (Å²) in [6.45, 7) is 0. The summed E-state index contributed by atoms with van der Waals surface area (Å²) in [6.07, 6.45) is 2.98. The lowest BCUT2D eigenvalue weighted by molar-refractivity contribution is 0.0601. The monoisotopic (exact) mass is 371 g/mol. The highest BCUT2D eigenvalue weighted by molar-refractivity contribution is 7.90. The molecule has 6 nitrogen and oxygen atoms in total. The zero-order valence-corrected chi connectivity index (χ0v) is 14.8. The van der Waals surface area contributed by atoms with Gasteiger partial charge in [0, 0.05) is 11.1 Å². The fourth-order valence-electron chi connectivity index (χ4n) is 2.71. The van der Waals surface area contributed by atoms with E-state index in [0.29, 0.717) is 11.1 Å². The highest BCUT2D eigenvalue weighted by atomic mass is 32.2. The molecule has 0 saturated carbocycles. The van der Waals surface area contributed by atoms with Gasteiger partial charge >= 0.3 is 5.97 Å². The largest absolute Gasteiger partial charge is 0.472 e. The van der Waals surface area contributed by atoms with Gasteiger partial charge in [0.1, 0.15) is 0 Å². The number of furan rings is 1. The minimum atomic E-state index is -3.64. The minimum Gasteiger partial charge on any atom is -0.472 e. The molecule has 0 fully saturated rings. The molecule has 7 heteroatoms. The van der Waals surface area contributed by atoms with Crippen molar-refractivity contribution >= 4 is 21.5 Å². The quantitative estimate of drug-likeness (QED) is 0.546. The molecule has 0 radical (unpaired) electrons. The van der Waals surface area contributed by atoms with Crippen molar-refractivity contribution in [3.8, 4) is 11.1 Å². The molecule has 0 saturated heterocycles. The van der Waals surface area contributed by atoms with Crippen LogP contribution < -0.4 is 5.73 Å². The number of hydrogen-bond donors (Lipinski definition) is 1. The summed E-state index contributed by atoms with van der Waals surface area (Å²) in [5.74, 6) is -1.05. The summed E-state index contributed by atoms with van der Waals surface area (Å²) in [6, 6.07) is 13.0. The van der Waals surface area contributed by atoms with E-state index in [1.165, 1.54) is 31.8 Å². The van der Waals surface area contributed by atoms with E-state index in [9.17, 15) is 13.2 Å². The van der Waals surface area contributed by atoms with Gasteiger partial charge in [-0.25, -0.2) is 13.2 Å². The van der Waals surface area contributed by atoms with Crippen LogP contribution >= 0.6 is 0 Å². The number of sulfone groups is 1. The Balaban J connectivity index is 2.10. The molecule has 2 N–H and O–H groups in total. The Morgan fingerprint density at radius 3 is 2.46 bits per heavy atom. The standard InChI is InChI=1S/C19H17NO5S/c1-24-19(21)17-14(12-26(22,23)15-5-3-2-4-6-15)7-8-16(18(17)20)13-9-10-25-11-13/h2-11H,12,20H2,1H3. The van der Waals surface area contributed by atoms with Gasteiger partial charge < -0.3 is 14.9 Å². The summed E-state index contributed by atoms with van der Waals surface area (Å²) in [5, 5.41) is 0. The van der Waals surface area contributed by atoms with E-state index >= 15 is 0 Å². The number of esters is 1. The summed E-state index contributed by atoms with van der Waals surface area (Å²) in [5.41, 5.74) is 7.91. The van der Waals surface area contributed by atoms with Crippen LogP contribution in [0.3, 0.4) is 0 Å². The third kappa shape index (κ3) is 3.34. The predicted molar refractivity (Wildman–Crippen MR) is 97.2 cm³/mol. The average Bonchev–Trinajstić information content (AvgIpc) is 3.16. The van der Waals surface area contributed by atoms with Crippen LogP contribution in [0.25, 0.3) is 11.1 Å². The zero-order valence-electron chi connectivity index (χ0n) is 14.0. The second-order valence-electron chi connectivity index (χ2n) is 5.64. The van der Waals surface area contributed by atoms with Crippen LogP contribution in [0.2, 0.25) is 0 Å². The van der Waals surface area contributed by atoms with E-state index < -0.39 is 15.8 Å². The molecular formula is C19H17NO5S. The Morgan fingerprint density at radius 1 is 1.12 bits per heavy atom. The van der Waals surface area contributed by atoms with Crippen molar-refractivity contribution in [2.45, 2.75) is 10.6 Å². The lowest BCUT2D eigenvalue weighted by Gasteiger charge is -2.14. The third-order valence-electron chi connectivity index (χ3n) is 4.00. The molecule has 0 aliphatic rings. The van der Waals surface area contributed by atoms with Gasteiger partial charge in [0.25, 0.3) is 0 Å². The minimum absolute atomic E-state index is 0.0470. The number of anilines is 1. The molecule has 0 atom stereocenters. The highest BCUT2D eigenvalue weighted by Crippen LogP contribution is 2.33. The van der Waals surface area contributed by atoms with E-state index in [1.807, 2.05) is 0 Å². The molecule has 3 rings (SSSR count). The molecule has 3 aromatic rings. The third-order valence-corrected chi connectivity index (χ3v) is 5.68. The molecule has 0 spiro atoms. The molecule has 0 amide bonds. The Labute approximate surface area is 151 Å². The van der Waals surface area contributed by atoms with Crippen molar-refractivity contribution in [3.63, 3.8) is 0 Å². The van der Waals surface area contributed by atoms with Crippen LogP contribution in [-0.4, -0.2) is 21.5 Å². The number of ether oxygens (including phenoxy) is 1. The van der Waals surface area contributed by atoms with Gasteiger partial charge in [-0.2, -0.15) is 0 Å². The summed E-state index contributed by atoms with van der Waals surface area (Å²) >= 11 is 0. The van der Waals surface area contributed by atoms with Crippen molar-refractivity contribution in [3.05, 3.63) is 72.2 Å². The lowest BCUT2D eigenvalue weighted by Crippen LogP contribution is -2.14. The topological polar surface area (TPSA) is 99.6 Å². The van der Waals surface area contributed by atoms with Gasteiger partial charge in [-0.3, -0.25) is 0 Å². The number of carbonyl (C=O) groups is 1. The Bertz CT molecular complexity index is 1030. The second-order valence-corrected chi connectivity index (χ2v) is 7.63. The number of methoxy groups -OCH3 is 1. The van der Waals surface area contributed by atoms with Gasteiger partial charge in [0.2, 0.25) is 0 Å². The van der Waals surface area contributed by atoms with Gasteiger partial charge in [-0.15, -0.1) is 0 Å². The van der Waals surface area contributed by atoms with Gasteiger partial charge in [-0.1, -0.05) is 30.3 Å². The fourth-order valence-corrected chi connectivity index (χ4v) is 4.10. The number of nitrogen functional groups attached to an aromatic ring is 1. The first kappa shape index (κ1) is 17.8. The number of nitrogens with two attached hydrogens (primary N) is 1. The molecule has 0 aliphatic carbocycles. The molecule has 0 aliphatic heterocycles. The second kappa shape index (κ2) is 7.05. The summed E-state index contributed by atoms with van der Waals surface area (Å²) in [7, 11) is -2.42. The van der Waals surface area contributed by atoms with Gasteiger partial charge in [0.15, 0.2) is 9.84 Å². The first-order valence-electron chi connectivity index (χ1n) is 7.74. The molecule has 134 valence electrons. The Hall–Kier alpha value is -3.06. The smallest absolute Gasteiger partial charge is 0.340 e. The van der Waals surface area contributed by atoms with E-state index in [1.54, 1.807) is 36.4 Å². The van der Waals surface area contributed by atoms with E-state index in [0.717, 1.165) is 0 Å². The summed E-state index contributed by atoms with van der Waals surface area (Å²) < 4.78 is 35.2. The van der Waals surface area contributed by atoms with Crippen LogP contribution in [0.15, 0.2) is 70.4 Å². The van der Waals surface area contributed by atoms with Crippen molar-refractivity contribution in [1.82, 2.24) is 0 Å². The van der Waals surface area contributed by atoms with Gasteiger partial charge in [-0.05, 0) is 23.8 Å². The number of rotatable bonds is 5. The highest BCUT2D eigenvalue weighted by Gasteiger charge is 2.24. The van der Waals surface area contributed by atoms with Crippen molar-refractivity contribution in [2.75, 3.05) is 12.8 Å². The van der Waals surface area contributed by atoms with Crippen LogP contribution in [-0.2, 0) is 20.3 Å². The van der Waals surface area contributed by atoms with Crippen molar-refractivity contribution in [1.29, 1.82) is 0 Å². The Kier molecular flexibility index (Phi) is 4.81. The Morgan fingerprint density at radius 2 is 1.85 bits per heavy atom. The number of carbonyl (C=O) groups excluding carboxylic acids is 1. The molecule has 1 heterocycles. The van der Waals surface area contributed by atoms with Crippen LogP contribution in [0.4, 0.5) is 5.69 Å². The number of hydrogen-bond acceptors (Lipinski definition) is 6. The van der Waals surface area contributed by atoms with Gasteiger partial charge in [0.05, 0.1) is 41.5 Å². The van der Waals surface area contributed by atoms with Crippen LogP contribution in [0.5, 0.6) is 0 Å². The molecule has 1 aromatic heterocycles. The SMILES string of the molecule is COC(=O)c1c(CS(=O)(=O)c2ccccc2)ccc(-c2ccoc2)c1N. The molecular weight excluding hydrogens is 354 g/mol. The fraction of sp³-hybridized carbons (Fsp3) is 0.105. The zero-order chi connectivity index (χ0) is 18.7. The van der Waals surface area contributed by atoms with Crippen molar-refractivity contribution < 1.29 is 22.4 Å². The van der Waals surface area contributed by atoms with E-state index in [2.05, 4.69) is 0 Å². The molecule has 26 heavy (non-hydrogen) atoms. The average molecular weight is 371 g/mol. The first-order valence-corrected chi connectivity index (χ1v) is 9.39. The normalized spacial score (nSPS) is 11.3. The van der Waals surface area contributed by atoms with Crippen LogP contribution in [0.1, 0.15) is 15.9 Å². The van der Waals surface area contributed by atoms with Crippen LogP contribution in [0, 0.1) is 0 Å². The summed E-state index contributed by atoms with van der Waals surface area (Å²) in [4.78, 5) is 12.5. The lowest BCUT2D eigenvalue weighted by atomic mass is 9.98. The maximum Gasteiger partial charge on any atom is 0.340 e. The van der Waals surface area contributed by atoms with Crippen molar-refractivity contribution in [2.24, 2.45) is 0 Å². The van der Waals surface area contributed by atoms with E-state index in [-0.39, 0.29) is 27.5 Å². The maximum absolute atomic E-state index is 12.7. The molecule has 0 bridgehead atoms. The molecule has 0 unspecified atom stereocenters. The maximum atomic E-state index is 12.7.